The van der Waals surface area contributed by atoms with Gasteiger partial charge >= 0.3 is 0 Å². The maximum absolute atomic E-state index is 6.38. The molecule has 1 heterocycles. The van der Waals surface area contributed by atoms with Gasteiger partial charge in [0.1, 0.15) is 0 Å². The van der Waals surface area contributed by atoms with E-state index >= 15 is 0 Å². The highest BCUT2D eigenvalue weighted by atomic mass is 35.5. The molecule has 1 saturated heterocycles. The van der Waals surface area contributed by atoms with Crippen LogP contribution in [0.25, 0.3) is 0 Å². The van der Waals surface area contributed by atoms with Gasteiger partial charge in [0.05, 0.1) is 0 Å². The molecule has 2 aliphatic rings. The molecule has 0 amide bonds. The minimum absolute atomic E-state index is 0.00147. The number of halogens is 1. The van der Waals surface area contributed by atoms with Crippen molar-refractivity contribution in [1.29, 1.82) is 0 Å². The van der Waals surface area contributed by atoms with Crippen LogP contribution in [0.4, 0.5) is 5.69 Å². The zero-order chi connectivity index (χ0) is 14.9. The van der Waals surface area contributed by atoms with Crippen LogP contribution in [0, 0.1) is 5.41 Å². The van der Waals surface area contributed by atoms with Crippen LogP contribution in [0.2, 0.25) is 5.02 Å². The van der Waals surface area contributed by atoms with E-state index < -0.39 is 0 Å². The summed E-state index contributed by atoms with van der Waals surface area (Å²) in [5.41, 5.74) is 8.90. The molecule has 1 atom stereocenters. The molecule has 1 unspecified atom stereocenters. The SMILES string of the molecule is CC(N)c1ccc(N2CCC3(CCCCC3)CC2)cc1Cl. The Labute approximate surface area is 133 Å². The van der Waals surface area contributed by atoms with E-state index in [1.165, 1.54) is 63.7 Å². The smallest absolute Gasteiger partial charge is 0.0474 e. The van der Waals surface area contributed by atoms with Gasteiger partial charge in [-0.3, -0.25) is 0 Å². The second-order valence-corrected chi connectivity index (χ2v) is 7.45. The summed E-state index contributed by atoms with van der Waals surface area (Å²) in [7, 11) is 0. The van der Waals surface area contributed by atoms with E-state index in [1.807, 2.05) is 6.92 Å². The lowest BCUT2D eigenvalue weighted by molar-refractivity contribution is 0.144. The molecule has 0 bridgehead atoms. The lowest BCUT2D eigenvalue weighted by Crippen LogP contribution is -2.41. The standard InChI is InChI=1S/C18H27ClN2/c1-14(20)16-6-5-15(13-17(16)19)21-11-9-18(10-12-21)7-3-2-4-8-18/h5-6,13-14H,2-4,7-12,20H2,1H3. The minimum atomic E-state index is -0.00147. The highest BCUT2D eigenvalue weighted by Crippen LogP contribution is 2.45. The molecule has 2 N–H and O–H groups in total. The summed E-state index contributed by atoms with van der Waals surface area (Å²) < 4.78 is 0. The number of rotatable bonds is 2. The third-order valence-electron chi connectivity index (χ3n) is 5.58. The van der Waals surface area contributed by atoms with Crippen molar-refractivity contribution in [3.63, 3.8) is 0 Å². The van der Waals surface area contributed by atoms with Crippen LogP contribution >= 0.6 is 11.6 Å². The van der Waals surface area contributed by atoms with Crippen molar-refractivity contribution in [3.05, 3.63) is 28.8 Å². The van der Waals surface area contributed by atoms with Crippen molar-refractivity contribution in [1.82, 2.24) is 0 Å². The Morgan fingerprint density at radius 3 is 2.33 bits per heavy atom. The number of anilines is 1. The summed E-state index contributed by atoms with van der Waals surface area (Å²) in [6.45, 7) is 4.33. The van der Waals surface area contributed by atoms with Crippen molar-refractivity contribution in [3.8, 4) is 0 Å². The van der Waals surface area contributed by atoms with E-state index in [2.05, 4.69) is 23.1 Å². The van der Waals surface area contributed by atoms with Crippen LogP contribution in [-0.2, 0) is 0 Å². The van der Waals surface area contributed by atoms with Gasteiger partial charge in [-0.05, 0) is 55.7 Å². The van der Waals surface area contributed by atoms with Gasteiger partial charge in [0.15, 0.2) is 0 Å². The van der Waals surface area contributed by atoms with Crippen molar-refractivity contribution in [2.45, 2.75) is 57.9 Å². The van der Waals surface area contributed by atoms with Gasteiger partial charge in [-0.25, -0.2) is 0 Å². The summed E-state index contributed by atoms with van der Waals surface area (Å²) in [6.07, 6.45) is 9.92. The molecule has 3 heteroatoms. The van der Waals surface area contributed by atoms with E-state index in [4.69, 9.17) is 17.3 Å². The summed E-state index contributed by atoms with van der Waals surface area (Å²) in [4.78, 5) is 2.50. The molecule has 0 radical (unpaired) electrons. The van der Waals surface area contributed by atoms with Gasteiger partial charge in [0.2, 0.25) is 0 Å². The number of nitrogens with two attached hydrogens (primary N) is 1. The second kappa shape index (κ2) is 6.18. The van der Waals surface area contributed by atoms with E-state index in [-0.39, 0.29) is 6.04 Å². The predicted molar refractivity (Wildman–Crippen MR) is 91.0 cm³/mol. The normalized spacial score (nSPS) is 23.3. The largest absolute Gasteiger partial charge is 0.371 e. The lowest BCUT2D eigenvalue weighted by Gasteiger charge is -2.45. The minimum Gasteiger partial charge on any atom is -0.371 e. The molecule has 2 nitrogen and oxygen atoms in total. The highest BCUT2D eigenvalue weighted by molar-refractivity contribution is 6.31. The summed E-state index contributed by atoms with van der Waals surface area (Å²) >= 11 is 6.38. The fourth-order valence-electron chi connectivity index (χ4n) is 4.12. The van der Waals surface area contributed by atoms with Gasteiger partial charge in [-0.1, -0.05) is 36.9 Å². The molecule has 1 saturated carbocycles. The van der Waals surface area contributed by atoms with E-state index in [9.17, 15) is 0 Å². The number of benzene rings is 1. The van der Waals surface area contributed by atoms with Crippen LogP contribution in [0.3, 0.4) is 0 Å². The zero-order valence-electron chi connectivity index (χ0n) is 13.1. The average molecular weight is 307 g/mol. The first kappa shape index (κ1) is 15.2. The fraction of sp³-hybridized carbons (Fsp3) is 0.667. The monoisotopic (exact) mass is 306 g/mol. The Balaban J connectivity index is 1.68. The van der Waals surface area contributed by atoms with Crippen LogP contribution < -0.4 is 10.6 Å². The van der Waals surface area contributed by atoms with Gasteiger partial charge in [-0.2, -0.15) is 0 Å². The predicted octanol–water partition coefficient (Wildman–Crippen LogP) is 4.91. The molecule has 1 aliphatic heterocycles. The van der Waals surface area contributed by atoms with Gasteiger partial charge in [0, 0.05) is 29.8 Å². The molecule has 1 aliphatic carbocycles. The molecule has 2 fully saturated rings. The highest BCUT2D eigenvalue weighted by Gasteiger charge is 2.35. The molecule has 0 aromatic heterocycles. The third-order valence-corrected chi connectivity index (χ3v) is 5.91. The molecular weight excluding hydrogens is 280 g/mol. The van der Waals surface area contributed by atoms with Crippen LogP contribution in [0.5, 0.6) is 0 Å². The Morgan fingerprint density at radius 2 is 1.76 bits per heavy atom. The van der Waals surface area contributed by atoms with Crippen molar-refractivity contribution >= 4 is 17.3 Å². The lowest BCUT2D eigenvalue weighted by atomic mass is 9.68. The third kappa shape index (κ3) is 3.22. The quantitative estimate of drug-likeness (QED) is 0.841. The number of nitrogens with zero attached hydrogens (tertiary/aromatic N) is 1. The first-order valence-electron chi connectivity index (χ1n) is 8.40. The van der Waals surface area contributed by atoms with Gasteiger partial charge < -0.3 is 10.6 Å². The molecule has 21 heavy (non-hydrogen) atoms. The first-order valence-corrected chi connectivity index (χ1v) is 8.77. The maximum Gasteiger partial charge on any atom is 0.0474 e. The Kier molecular flexibility index (Phi) is 4.46. The Bertz CT molecular complexity index is 482. The van der Waals surface area contributed by atoms with Crippen molar-refractivity contribution in [2.24, 2.45) is 11.1 Å². The summed E-state index contributed by atoms with van der Waals surface area (Å²) in [5, 5.41) is 0.806. The molecule has 1 spiro atoms. The number of hydrogen-bond donors (Lipinski definition) is 1. The first-order chi connectivity index (χ1) is 10.1. The van der Waals surface area contributed by atoms with Crippen LogP contribution in [0.15, 0.2) is 18.2 Å². The number of piperidine rings is 1. The number of hydrogen-bond acceptors (Lipinski definition) is 2. The molecule has 3 rings (SSSR count). The second-order valence-electron chi connectivity index (χ2n) is 7.04. The summed E-state index contributed by atoms with van der Waals surface area (Å²) in [6, 6.07) is 6.37. The molecule has 1 aromatic rings. The average Bonchev–Trinajstić information content (AvgIpc) is 2.48. The van der Waals surface area contributed by atoms with Gasteiger partial charge in [0.25, 0.3) is 0 Å². The molecular formula is C18H27ClN2. The van der Waals surface area contributed by atoms with Crippen molar-refractivity contribution < 1.29 is 0 Å². The Hall–Kier alpha value is -0.730. The van der Waals surface area contributed by atoms with Gasteiger partial charge in [-0.15, -0.1) is 0 Å². The van der Waals surface area contributed by atoms with Crippen molar-refractivity contribution in [2.75, 3.05) is 18.0 Å². The van der Waals surface area contributed by atoms with Crippen LogP contribution in [-0.4, -0.2) is 13.1 Å². The zero-order valence-corrected chi connectivity index (χ0v) is 13.8. The topological polar surface area (TPSA) is 29.3 Å². The fourth-order valence-corrected chi connectivity index (χ4v) is 4.47. The van der Waals surface area contributed by atoms with E-state index in [1.54, 1.807) is 0 Å². The molecule has 116 valence electrons. The summed E-state index contributed by atoms with van der Waals surface area (Å²) in [5.74, 6) is 0. The van der Waals surface area contributed by atoms with E-state index in [0.29, 0.717) is 5.41 Å². The van der Waals surface area contributed by atoms with Crippen LogP contribution in [0.1, 0.15) is 63.5 Å². The Morgan fingerprint density at radius 1 is 1.10 bits per heavy atom. The molecule has 1 aromatic carbocycles. The van der Waals surface area contributed by atoms with E-state index in [0.717, 1.165) is 10.6 Å². The maximum atomic E-state index is 6.38.